The molecule has 0 bridgehead atoms. The van der Waals surface area contributed by atoms with Gasteiger partial charge < -0.3 is 10.1 Å². The number of anilines is 1. The topological polar surface area (TPSA) is 38.3 Å². The molecular weight excluding hydrogens is 190 g/mol. The minimum atomic E-state index is -0.224. The van der Waals surface area contributed by atoms with Gasteiger partial charge in [-0.1, -0.05) is 24.3 Å². The van der Waals surface area contributed by atoms with Gasteiger partial charge in [0.25, 0.3) is 0 Å². The predicted molar refractivity (Wildman–Crippen MR) is 61.7 cm³/mol. The molecule has 0 spiro atoms. The van der Waals surface area contributed by atoms with E-state index in [4.69, 9.17) is 0 Å². The number of hydrogen-bond donors (Lipinski definition) is 1. The van der Waals surface area contributed by atoms with E-state index in [1.807, 2.05) is 37.4 Å². The number of hydrogen-bond acceptors (Lipinski definition) is 3. The Morgan fingerprint density at radius 1 is 1.40 bits per heavy atom. The van der Waals surface area contributed by atoms with Gasteiger partial charge in [-0.2, -0.15) is 0 Å². The van der Waals surface area contributed by atoms with Crippen molar-refractivity contribution >= 4 is 17.7 Å². The molecule has 0 atom stereocenters. The SMILES string of the molecule is CNc1ccc(C=CCC(=O)OC)cc1. The van der Waals surface area contributed by atoms with E-state index in [1.54, 1.807) is 6.08 Å². The fourth-order valence-electron chi connectivity index (χ4n) is 1.14. The zero-order chi connectivity index (χ0) is 11.1. The lowest BCUT2D eigenvalue weighted by Gasteiger charge is -1.99. The van der Waals surface area contributed by atoms with Crippen LogP contribution in [0.3, 0.4) is 0 Å². The minimum Gasteiger partial charge on any atom is -0.469 e. The van der Waals surface area contributed by atoms with Crippen LogP contribution in [0.2, 0.25) is 0 Å². The molecule has 0 radical (unpaired) electrons. The van der Waals surface area contributed by atoms with Gasteiger partial charge >= 0.3 is 5.97 Å². The molecule has 1 N–H and O–H groups in total. The summed E-state index contributed by atoms with van der Waals surface area (Å²) in [4.78, 5) is 10.8. The van der Waals surface area contributed by atoms with Gasteiger partial charge in [0.15, 0.2) is 0 Å². The summed E-state index contributed by atoms with van der Waals surface area (Å²) in [6.07, 6.45) is 4.00. The third-order valence-corrected chi connectivity index (χ3v) is 2.02. The van der Waals surface area contributed by atoms with Crippen molar-refractivity contribution in [2.45, 2.75) is 6.42 Å². The van der Waals surface area contributed by atoms with Crippen molar-refractivity contribution in [3.05, 3.63) is 35.9 Å². The lowest BCUT2D eigenvalue weighted by Crippen LogP contribution is -1.96. The van der Waals surface area contributed by atoms with E-state index in [9.17, 15) is 4.79 Å². The summed E-state index contributed by atoms with van der Waals surface area (Å²) >= 11 is 0. The van der Waals surface area contributed by atoms with Gasteiger partial charge in [-0.05, 0) is 17.7 Å². The summed E-state index contributed by atoms with van der Waals surface area (Å²) in [6.45, 7) is 0. The summed E-state index contributed by atoms with van der Waals surface area (Å²) in [5, 5.41) is 3.04. The first-order chi connectivity index (χ1) is 7.26. The largest absolute Gasteiger partial charge is 0.469 e. The standard InChI is InChI=1S/C12H15NO2/c1-13-11-8-6-10(7-9-11)4-3-5-12(14)15-2/h3-4,6-9,13H,5H2,1-2H3. The number of nitrogens with one attached hydrogen (secondary N) is 1. The number of carbonyl (C=O) groups excluding carboxylic acids is 1. The molecule has 15 heavy (non-hydrogen) atoms. The fourth-order valence-corrected chi connectivity index (χ4v) is 1.14. The molecule has 0 heterocycles. The van der Waals surface area contributed by atoms with Gasteiger partial charge in [-0.3, -0.25) is 4.79 Å². The first-order valence-electron chi connectivity index (χ1n) is 4.77. The smallest absolute Gasteiger partial charge is 0.309 e. The maximum Gasteiger partial charge on any atom is 0.309 e. The molecule has 1 aromatic rings. The molecule has 0 saturated carbocycles. The number of ether oxygens (including phenoxy) is 1. The summed E-state index contributed by atoms with van der Waals surface area (Å²) in [5.74, 6) is -0.224. The molecule has 1 aromatic carbocycles. The second-order valence-corrected chi connectivity index (χ2v) is 3.05. The van der Waals surface area contributed by atoms with E-state index in [0.29, 0.717) is 6.42 Å². The Morgan fingerprint density at radius 2 is 2.07 bits per heavy atom. The van der Waals surface area contributed by atoms with Gasteiger partial charge in [0.2, 0.25) is 0 Å². The Labute approximate surface area is 89.8 Å². The van der Waals surface area contributed by atoms with Crippen LogP contribution in [0.1, 0.15) is 12.0 Å². The molecule has 0 saturated heterocycles. The Morgan fingerprint density at radius 3 is 2.60 bits per heavy atom. The quantitative estimate of drug-likeness (QED) is 0.766. The van der Waals surface area contributed by atoms with Crippen molar-refractivity contribution in [2.24, 2.45) is 0 Å². The van der Waals surface area contributed by atoms with Crippen LogP contribution < -0.4 is 5.32 Å². The summed E-state index contributed by atoms with van der Waals surface area (Å²) in [6, 6.07) is 7.94. The van der Waals surface area contributed by atoms with Crippen molar-refractivity contribution in [2.75, 3.05) is 19.5 Å². The number of benzene rings is 1. The Balaban J connectivity index is 2.53. The van der Waals surface area contributed by atoms with E-state index in [0.717, 1.165) is 11.3 Å². The van der Waals surface area contributed by atoms with Gasteiger partial charge in [-0.15, -0.1) is 0 Å². The maximum atomic E-state index is 10.8. The minimum absolute atomic E-state index is 0.224. The van der Waals surface area contributed by atoms with E-state index in [-0.39, 0.29) is 5.97 Å². The first-order valence-corrected chi connectivity index (χ1v) is 4.77. The van der Waals surface area contributed by atoms with Crippen LogP contribution >= 0.6 is 0 Å². The maximum absolute atomic E-state index is 10.8. The molecule has 0 aromatic heterocycles. The van der Waals surface area contributed by atoms with E-state index in [1.165, 1.54) is 7.11 Å². The average molecular weight is 205 g/mol. The molecular formula is C12H15NO2. The third kappa shape index (κ3) is 3.85. The molecule has 3 heteroatoms. The van der Waals surface area contributed by atoms with Crippen molar-refractivity contribution < 1.29 is 9.53 Å². The number of rotatable bonds is 4. The normalized spacial score (nSPS) is 10.3. The summed E-state index contributed by atoms with van der Waals surface area (Å²) < 4.78 is 4.52. The van der Waals surface area contributed by atoms with E-state index < -0.39 is 0 Å². The highest BCUT2D eigenvalue weighted by molar-refractivity contribution is 5.72. The third-order valence-electron chi connectivity index (χ3n) is 2.02. The molecule has 0 amide bonds. The fraction of sp³-hybridized carbons (Fsp3) is 0.250. The monoisotopic (exact) mass is 205 g/mol. The van der Waals surface area contributed by atoms with Crippen molar-refractivity contribution in [3.8, 4) is 0 Å². The molecule has 0 unspecified atom stereocenters. The molecule has 0 aliphatic carbocycles. The second kappa shape index (κ2) is 5.86. The molecule has 0 aliphatic rings. The van der Waals surface area contributed by atoms with Gasteiger partial charge in [0.05, 0.1) is 13.5 Å². The molecule has 0 fully saturated rings. The highest BCUT2D eigenvalue weighted by atomic mass is 16.5. The van der Waals surface area contributed by atoms with E-state index in [2.05, 4.69) is 10.1 Å². The zero-order valence-corrected chi connectivity index (χ0v) is 8.99. The Bertz CT molecular complexity index is 341. The van der Waals surface area contributed by atoms with Crippen LogP contribution in [-0.4, -0.2) is 20.1 Å². The van der Waals surface area contributed by atoms with Crippen LogP contribution in [0.15, 0.2) is 30.3 Å². The van der Waals surface area contributed by atoms with Crippen LogP contribution in [0.25, 0.3) is 6.08 Å². The van der Waals surface area contributed by atoms with Crippen LogP contribution in [0.4, 0.5) is 5.69 Å². The molecule has 0 aliphatic heterocycles. The van der Waals surface area contributed by atoms with Crippen molar-refractivity contribution in [1.29, 1.82) is 0 Å². The van der Waals surface area contributed by atoms with Gasteiger partial charge in [0.1, 0.15) is 0 Å². The summed E-state index contributed by atoms with van der Waals surface area (Å²) in [5.41, 5.74) is 2.14. The van der Waals surface area contributed by atoms with Gasteiger partial charge in [0, 0.05) is 12.7 Å². The average Bonchev–Trinajstić information content (AvgIpc) is 2.29. The molecule has 3 nitrogen and oxygen atoms in total. The van der Waals surface area contributed by atoms with E-state index >= 15 is 0 Å². The van der Waals surface area contributed by atoms with Crippen LogP contribution in [0, 0.1) is 0 Å². The first kappa shape index (κ1) is 11.3. The Hall–Kier alpha value is -1.77. The Kier molecular flexibility index (Phi) is 4.41. The highest BCUT2D eigenvalue weighted by Crippen LogP contribution is 2.10. The molecule has 80 valence electrons. The van der Waals surface area contributed by atoms with Crippen LogP contribution in [0.5, 0.6) is 0 Å². The second-order valence-electron chi connectivity index (χ2n) is 3.05. The summed E-state index contributed by atoms with van der Waals surface area (Å²) in [7, 11) is 3.26. The number of carbonyl (C=O) groups is 1. The van der Waals surface area contributed by atoms with Crippen molar-refractivity contribution in [1.82, 2.24) is 0 Å². The van der Waals surface area contributed by atoms with Gasteiger partial charge in [-0.25, -0.2) is 0 Å². The number of esters is 1. The number of methoxy groups -OCH3 is 1. The molecule has 1 rings (SSSR count). The van der Waals surface area contributed by atoms with Crippen molar-refractivity contribution in [3.63, 3.8) is 0 Å². The highest BCUT2D eigenvalue weighted by Gasteiger charge is 1.94. The van der Waals surface area contributed by atoms with Crippen LogP contribution in [-0.2, 0) is 9.53 Å². The predicted octanol–water partition coefficient (Wildman–Crippen LogP) is 2.30. The zero-order valence-electron chi connectivity index (χ0n) is 8.99. The lowest BCUT2D eigenvalue weighted by molar-refractivity contribution is -0.139. The lowest BCUT2D eigenvalue weighted by atomic mass is 10.2.